The molecule has 0 amide bonds. The zero-order chi connectivity index (χ0) is 26.8. The lowest BCUT2D eigenvalue weighted by molar-refractivity contribution is 0.393. The minimum atomic E-state index is -0.294. The predicted octanol–water partition coefficient (Wildman–Crippen LogP) is 4.82. The number of fused-ring (bicyclic) bond motifs is 1. The molecule has 38 heavy (non-hydrogen) atoms. The van der Waals surface area contributed by atoms with Gasteiger partial charge in [0, 0.05) is 24.6 Å². The Morgan fingerprint density at radius 1 is 0.947 bits per heavy atom. The normalized spacial score (nSPS) is 12.9. The lowest BCUT2D eigenvalue weighted by Crippen LogP contribution is -2.25. The van der Waals surface area contributed by atoms with Crippen LogP contribution in [0.4, 0.5) is 4.39 Å². The third kappa shape index (κ3) is 5.11. The summed E-state index contributed by atoms with van der Waals surface area (Å²) in [7, 11) is 3.20. The molecule has 0 aliphatic carbocycles. The molecule has 0 saturated heterocycles. The van der Waals surface area contributed by atoms with E-state index in [1.54, 1.807) is 30.9 Å². The maximum absolute atomic E-state index is 14.0. The minimum Gasteiger partial charge on any atom is -0.497 e. The summed E-state index contributed by atoms with van der Waals surface area (Å²) in [5, 5.41) is 3.84. The van der Waals surface area contributed by atoms with Crippen LogP contribution in [0, 0.1) is 19.7 Å². The van der Waals surface area contributed by atoms with Gasteiger partial charge in [0.25, 0.3) is 5.56 Å². The van der Waals surface area contributed by atoms with Gasteiger partial charge in [-0.1, -0.05) is 6.07 Å². The molecule has 2 heterocycles. The van der Waals surface area contributed by atoms with Crippen LogP contribution in [0.5, 0.6) is 11.5 Å². The van der Waals surface area contributed by atoms with Crippen LogP contribution < -0.4 is 20.3 Å². The highest BCUT2D eigenvalue weighted by Crippen LogP contribution is 2.32. The van der Waals surface area contributed by atoms with E-state index in [1.807, 2.05) is 32.0 Å². The van der Waals surface area contributed by atoms with Crippen molar-refractivity contribution < 1.29 is 13.9 Å². The van der Waals surface area contributed by atoms with Crippen molar-refractivity contribution in [1.82, 2.24) is 14.9 Å². The first-order chi connectivity index (χ1) is 18.4. The number of hydrogen-bond acceptors (Lipinski definition) is 6. The van der Waals surface area contributed by atoms with Crippen LogP contribution in [0.3, 0.4) is 0 Å². The predicted molar refractivity (Wildman–Crippen MR) is 148 cm³/mol. The van der Waals surface area contributed by atoms with Crippen molar-refractivity contribution in [2.45, 2.75) is 33.2 Å². The van der Waals surface area contributed by atoms with Gasteiger partial charge < -0.3 is 14.8 Å². The van der Waals surface area contributed by atoms with Gasteiger partial charge in [0.15, 0.2) is 0 Å². The molecule has 0 spiro atoms. The van der Waals surface area contributed by atoms with Crippen molar-refractivity contribution in [1.29, 1.82) is 0 Å². The fraction of sp³-hybridized carbons (Fsp3) is 0.300. The molecule has 4 aromatic rings. The van der Waals surface area contributed by atoms with Crippen LogP contribution in [0.15, 0.2) is 58.3 Å². The number of aliphatic imine (C=N–C) groups is 1. The number of aryl methyl sites for hydroxylation is 3. The Labute approximate surface area is 221 Å². The molecule has 1 aliphatic rings. The molecule has 1 aromatic heterocycles. The second-order valence-corrected chi connectivity index (χ2v) is 9.53. The second-order valence-electron chi connectivity index (χ2n) is 9.53. The summed E-state index contributed by atoms with van der Waals surface area (Å²) in [5.41, 5.74) is 4.82. The molecule has 0 bridgehead atoms. The zero-order valence-corrected chi connectivity index (χ0v) is 22.1. The van der Waals surface area contributed by atoms with Gasteiger partial charge in [-0.2, -0.15) is 0 Å². The van der Waals surface area contributed by atoms with Crippen LogP contribution in [0.2, 0.25) is 0 Å². The van der Waals surface area contributed by atoms with Crippen molar-refractivity contribution in [2.75, 3.05) is 27.3 Å². The Morgan fingerprint density at radius 3 is 2.37 bits per heavy atom. The van der Waals surface area contributed by atoms with Crippen LogP contribution in [-0.2, 0) is 13.0 Å². The van der Waals surface area contributed by atoms with E-state index in [4.69, 9.17) is 14.5 Å². The van der Waals surface area contributed by atoms with Crippen molar-refractivity contribution in [3.8, 4) is 22.6 Å². The Morgan fingerprint density at radius 2 is 1.71 bits per heavy atom. The summed E-state index contributed by atoms with van der Waals surface area (Å²) in [6.45, 7) is 5.67. The minimum absolute atomic E-state index is 0.131. The number of ether oxygens (including phenoxy) is 2. The van der Waals surface area contributed by atoms with Gasteiger partial charge in [-0.3, -0.25) is 14.4 Å². The summed E-state index contributed by atoms with van der Waals surface area (Å²) >= 11 is 0. The Balaban J connectivity index is 1.65. The van der Waals surface area contributed by atoms with E-state index in [2.05, 4.69) is 16.4 Å². The maximum atomic E-state index is 14.0. The van der Waals surface area contributed by atoms with Gasteiger partial charge >= 0.3 is 0 Å². The number of rotatable bonds is 8. The third-order valence-corrected chi connectivity index (χ3v) is 6.93. The fourth-order valence-electron chi connectivity index (χ4n) is 4.97. The zero-order valence-electron chi connectivity index (χ0n) is 22.1. The first kappa shape index (κ1) is 25.4. The summed E-state index contributed by atoms with van der Waals surface area (Å²) in [6.07, 6.45) is 1.47. The SMILES string of the molecule is COc1cc(Cn2c(C)nc3c(-c4ccc(F)cc4C)cc(CCC4=NCCN4)cc3c2=O)cc(OC)c1. The van der Waals surface area contributed by atoms with E-state index in [9.17, 15) is 9.18 Å². The number of halogens is 1. The summed E-state index contributed by atoms with van der Waals surface area (Å²) < 4.78 is 26.4. The summed E-state index contributed by atoms with van der Waals surface area (Å²) in [4.78, 5) is 23.4. The molecular formula is C30H31FN4O3. The molecule has 1 aliphatic heterocycles. The number of benzene rings is 3. The van der Waals surface area contributed by atoms with E-state index in [-0.39, 0.29) is 11.4 Å². The molecule has 8 heteroatoms. The van der Waals surface area contributed by atoms with Crippen LogP contribution in [-0.4, -0.2) is 42.7 Å². The van der Waals surface area contributed by atoms with E-state index < -0.39 is 0 Å². The van der Waals surface area contributed by atoms with E-state index in [1.165, 1.54) is 12.1 Å². The van der Waals surface area contributed by atoms with Crippen LogP contribution >= 0.6 is 0 Å². The Bertz CT molecular complexity index is 1590. The number of nitrogens with one attached hydrogen (secondary N) is 1. The molecule has 7 nitrogen and oxygen atoms in total. The van der Waals surface area contributed by atoms with Gasteiger partial charge in [0.1, 0.15) is 23.1 Å². The van der Waals surface area contributed by atoms with E-state index in [0.717, 1.165) is 59.6 Å². The van der Waals surface area contributed by atoms with Gasteiger partial charge in [-0.15, -0.1) is 0 Å². The van der Waals surface area contributed by atoms with E-state index in [0.29, 0.717) is 34.8 Å². The number of methoxy groups -OCH3 is 2. The smallest absolute Gasteiger partial charge is 0.261 e. The first-order valence-corrected chi connectivity index (χ1v) is 12.7. The monoisotopic (exact) mass is 514 g/mol. The lowest BCUT2D eigenvalue weighted by atomic mass is 9.94. The standard InChI is InChI=1S/C30H31FN4O3/c1-18-11-22(31)6-7-25(18)26-14-20(5-8-28-32-9-10-33-28)15-27-29(26)34-19(2)35(30(27)36)17-21-12-23(37-3)16-24(13-21)38-4/h6-7,11-16H,5,8-10,17H2,1-4H3,(H,32,33). The molecular weight excluding hydrogens is 483 g/mol. The average Bonchev–Trinajstić information content (AvgIpc) is 3.43. The molecule has 0 unspecified atom stereocenters. The van der Waals surface area contributed by atoms with Crippen molar-refractivity contribution in [2.24, 2.45) is 4.99 Å². The molecule has 3 aromatic carbocycles. The van der Waals surface area contributed by atoms with Gasteiger partial charge in [0.05, 0.1) is 44.0 Å². The highest BCUT2D eigenvalue weighted by atomic mass is 19.1. The summed E-state index contributed by atoms with van der Waals surface area (Å²) in [6, 6.07) is 14.3. The number of amidine groups is 1. The van der Waals surface area contributed by atoms with Gasteiger partial charge in [-0.25, -0.2) is 9.37 Å². The summed E-state index contributed by atoms with van der Waals surface area (Å²) in [5.74, 6) is 2.58. The molecule has 196 valence electrons. The maximum Gasteiger partial charge on any atom is 0.261 e. The van der Waals surface area contributed by atoms with Crippen molar-refractivity contribution in [3.63, 3.8) is 0 Å². The fourth-order valence-corrected chi connectivity index (χ4v) is 4.97. The second kappa shape index (κ2) is 10.7. The van der Waals surface area contributed by atoms with Gasteiger partial charge in [0.2, 0.25) is 0 Å². The van der Waals surface area contributed by atoms with Crippen molar-refractivity contribution in [3.05, 3.63) is 87.2 Å². The van der Waals surface area contributed by atoms with Gasteiger partial charge in [-0.05, 0) is 78.9 Å². The van der Waals surface area contributed by atoms with E-state index >= 15 is 0 Å². The van der Waals surface area contributed by atoms with Crippen LogP contribution in [0.25, 0.3) is 22.0 Å². The molecule has 1 N–H and O–H groups in total. The highest BCUT2D eigenvalue weighted by molar-refractivity contribution is 5.95. The van der Waals surface area contributed by atoms with Crippen molar-refractivity contribution >= 4 is 16.7 Å². The quantitative estimate of drug-likeness (QED) is 0.365. The molecule has 0 atom stereocenters. The molecule has 0 fully saturated rings. The average molecular weight is 515 g/mol. The number of aromatic nitrogens is 2. The Kier molecular flexibility index (Phi) is 7.13. The topological polar surface area (TPSA) is 77.7 Å². The molecule has 5 rings (SSSR count). The molecule has 0 saturated carbocycles. The Hall–Kier alpha value is -4.20. The number of hydrogen-bond donors (Lipinski definition) is 1. The number of nitrogens with zero attached hydrogens (tertiary/aromatic N) is 3. The first-order valence-electron chi connectivity index (χ1n) is 12.7. The van der Waals surface area contributed by atoms with Crippen LogP contribution in [0.1, 0.15) is 28.9 Å². The third-order valence-electron chi connectivity index (χ3n) is 6.93. The highest BCUT2D eigenvalue weighted by Gasteiger charge is 2.17. The molecule has 0 radical (unpaired) electrons. The lowest BCUT2D eigenvalue weighted by Gasteiger charge is -2.16. The largest absolute Gasteiger partial charge is 0.497 e.